The van der Waals surface area contributed by atoms with Crippen molar-refractivity contribution in [2.45, 2.75) is 13.0 Å². The Bertz CT molecular complexity index is 979. The molecule has 1 atom stereocenters. The summed E-state index contributed by atoms with van der Waals surface area (Å²) < 4.78 is 11.4. The van der Waals surface area contributed by atoms with Gasteiger partial charge in [-0.15, -0.1) is 11.3 Å². The van der Waals surface area contributed by atoms with Gasteiger partial charge in [0, 0.05) is 29.1 Å². The van der Waals surface area contributed by atoms with E-state index in [2.05, 4.69) is 52.7 Å². The molecule has 1 aliphatic rings. The normalized spacial score (nSPS) is 14.9. The van der Waals surface area contributed by atoms with Crippen molar-refractivity contribution in [3.8, 4) is 11.5 Å². The third-order valence-electron chi connectivity index (χ3n) is 4.72. The van der Waals surface area contributed by atoms with Gasteiger partial charge in [0.2, 0.25) is 0 Å². The number of hydrogen-bond donors (Lipinski definition) is 0. The maximum atomic E-state index is 6.16. The summed E-state index contributed by atoms with van der Waals surface area (Å²) in [5.41, 5.74) is 2.22. The fraction of sp³-hybridized carbons (Fsp3) is 0.227. The zero-order valence-corrected chi connectivity index (χ0v) is 16.3. The fourth-order valence-electron chi connectivity index (χ4n) is 3.16. The highest BCUT2D eigenvalue weighted by Crippen LogP contribution is 2.28. The van der Waals surface area contributed by atoms with Gasteiger partial charge in [-0.05, 0) is 54.4 Å². The van der Waals surface area contributed by atoms with Crippen LogP contribution in [0.1, 0.15) is 11.8 Å². The molecular weight excluding hydrogens is 356 g/mol. The second-order valence-corrected chi connectivity index (χ2v) is 7.48. The average Bonchev–Trinajstić information content (AvgIpc) is 3.26. The second-order valence-electron chi connectivity index (χ2n) is 6.54. The first-order valence-electron chi connectivity index (χ1n) is 8.97. The molecule has 3 aromatic rings. The molecule has 1 aromatic carbocycles. The van der Waals surface area contributed by atoms with Gasteiger partial charge in [-0.2, -0.15) is 0 Å². The summed E-state index contributed by atoms with van der Waals surface area (Å²) in [5.74, 6) is 1.65. The highest BCUT2D eigenvalue weighted by Gasteiger charge is 2.17. The number of allylic oxidation sites excluding steroid dienone is 2. The maximum absolute atomic E-state index is 6.16. The molecule has 0 saturated carbocycles. The SMILES string of the molecule is COc1ccc2c(OCC(C)N3C=CC=C(c4cccs4)C3)ccnc2c1. The van der Waals surface area contributed by atoms with Crippen LogP contribution in [0.2, 0.25) is 0 Å². The Kier molecular flexibility index (Phi) is 5.12. The highest BCUT2D eigenvalue weighted by molar-refractivity contribution is 7.11. The Balaban J connectivity index is 1.44. The lowest BCUT2D eigenvalue weighted by atomic mass is 10.1. The van der Waals surface area contributed by atoms with Gasteiger partial charge in [0.05, 0.1) is 18.7 Å². The first kappa shape index (κ1) is 17.6. The quantitative estimate of drug-likeness (QED) is 0.606. The third kappa shape index (κ3) is 3.83. The molecule has 0 saturated heterocycles. The Morgan fingerprint density at radius 2 is 2.19 bits per heavy atom. The summed E-state index contributed by atoms with van der Waals surface area (Å²) in [5, 5.41) is 3.12. The van der Waals surface area contributed by atoms with E-state index in [1.165, 1.54) is 10.5 Å². The summed E-state index contributed by atoms with van der Waals surface area (Å²) >= 11 is 1.78. The van der Waals surface area contributed by atoms with Gasteiger partial charge in [-0.3, -0.25) is 4.98 Å². The molecule has 0 aliphatic carbocycles. The van der Waals surface area contributed by atoms with E-state index in [4.69, 9.17) is 9.47 Å². The number of pyridine rings is 1. The van der Waals surface area contributed by atoms with Gasteiger partial charge in [-0.25, -0.2) is 0 Å². The maximum Gasteiger partial charge on any atom is 0.130 e. The van der Waals surface area contributed by atoms with Crippen molar-refractivity contribution in [1.29, 1.82) is 0 Å². The lowest BCUT2D eigenvalue weighted by Gasteiger charge is -2.30. The summed E-state index contributed by atoms with van der Waals surface area (Å²) in [6, 6.07) is 12.3. The molecule has 1 aliphatic heterocycles. The van der Waals surface area contributed by atoms with Crippen LogP contribution in [0, 0.1) is 0 Å². The lowest BCUT2D eigenvalue weighted by molar-refractivity contribution is 0.205. The Labute approximate surface area is 163 Å². The van der Waals surface area contributed by atoms with Crippen molar-refractivity contribution in [2.75, 3.05) is 20.3 Å². The third-order valence-corrected chi connectivity index (χ3v) is 5.67. The molecule has 0 amide bonds. The Morgan fingerprint density at radius 3 is 3.00 bits per heavy atom. The number of thiophene rings is 1. The summed E-state index contributed by atoms with van der Waals surface area (Å²) in [4.78, 5) is 8.06. The van der Waals surface area contributed by atoms with Crippen LogP contribution in [0.5, 0.6) is 11.5 Å². The monoisotopic (exact) mass is 378 g/mol. The zero-order chi connectivity index (χ0) is 18.6. The zero-order valence-electron chi connectivity index (χ0n) is 15.5. The molecule has 0 spiro atoms. The van der Waals surface area contributed by atoms with E-state index in [1.54, 1.807) is 24.6 Å². The first-order chi connectivity index (χ1) is 13.2. The number of hydrogen-bond acceptors (Lipinski definition) is 5. The smallest absolute Gasteiger partial charge is 0.130 e. The predicted octanol–water partition coefficient (Wildman–Crippen LogP) is 4.99. The molecule has 5 heteroatoms. The lowest BCUT2D eigenvalue weighted by Crippen LogP contribution is -2.35. The van der Waals surface area contributed by atoms with Crippen molar-refractivity contribution in [3.05, 3.63) is 71.2 Å². The minimum atomic E-state index is 0.256. The number of benzene rings is 1. The van der Waals surface area contributed by atoms with E-state index in [1.807, 2.05) is 24.3 Å². The van der Waals surface area contributed by atoms with Gasteiger partial charge in [0.15, 0.2) is 0 Å². The van der Waals surface area contributed by atoms with Crippen LogP contribution < -0.4 is 9.47 Å². The van der Waals surface area contributed by atoms with Crippen LogP contribution in [0.15, 0.2) is 66.3 Å². The highest BCUT2D eigenvalue weighted by atomic mass is 32.1. The van der Waals surface area contributed by atoms with E-state index in [9.17, 15) is 0 Å². The molecule has 3 heterocycles. The van der Waals surface area contributed by atoms with Gasteiger partial charge in [0.1, 0.15) is 18.1 Å². The van der Waals surface area contributed by atoms with E-state index in [0.29, 0.717) is 6.61 Å². The average molecular weight is 378 g/mol. The largest absolute Gasteiger partial charge is 0.497 e. The van der Waals surface area contributed by atoms with Crippen LogP contribution >= 0.6 is 11.3 Å². The van der Waals surface area contributed by atoms with E-state index in [-0.39, 0.29) is 6.04 Å². The summed E-state index contributed by atoms with van der Waals surface area (Å²) in [6.45, 7) is 3.69. The molecule has 0 N–H and O–H groups in total. The second kappa shape index (κ2) is 7.84. The van der Waals surface area contributed by atoms with Crippen molar-refractivity contribution in [2.24, 2.45) is 0 Å². The number of fused-ring (bicyclic) bond motifs is 1. The van der Waals surface area contributed by atoms with Gasteiger partial charge < -0.3 is 14.4 Å². The molecule has 138 valence electrons. The van der Waals surface area contributed by atoms with Crippen molar-refractivity contribution >= 4 is 27.8 Å². The molecule has 0 radical (unpaired) electrons. The molecular formula is C22H22N2O2S. The first-order valence-corrected chi connectivity index (χ1v) is 9.85. The van der Waals surface area contributed by atoms with Gasteiger partial charge in [0.25, 0.3) is 0 Å². The Hall–Kier alpha value is -2.79. The molecule has 0 bridgehead atoms. The van der Waals surface area contributed by atoms with Crippen molar-refractivity contribution < 1.29 is 9.47 Å². The van der Waals surface area contributed by atoms with Crippen LogP contribution in [0.25, 0.3) is 16.5 Å². The van der Waals surface area contributed by atoms with Gasteiger partial charge in [-0.1, -0.05) is 12.1 Å². The standard InChI is InChI=1S/C22H22N2O2S/c1-16(24-11-3-5-17(14-24)22-6-4-12-27-22)15-26-21-9-10-23-20-13-18(25-2)7-8-19(20)21/h3-13,16H,14-15H2,1-2H3. The van der Waals surface area contributed by atoms with E-state index in [0.717, 1.165) is 28.9 Å². The van der Waals surface area contributed by atoms with Gasteiger partial charge >= 0.3 is 0 Å². The van der Waals surface area contributed by atoms with E-state index < -0.39 is 0 Å². The predicted molar refractivity (Wildman–Crippen MR) is 111 cm³/mol. The Morgan fingerprint density at radius 1 is 1.26 bits per heavy atom. The minimum Gasteiger partial charge on any atom is -0.497 e. The topological polar surface area (TPSA) is 34.6 Å². The molecule has 0 fully saturated rings. The number of nitrogens with zero attached hydrogens (tertiary/aromatic N) is 2. The van der Waals surface area contributed by atoms with Crippen LogP contribution in [-0.2, 0) is 0 Å². The number of rotatable bonds is 6. The molecule has 2 aromatic heterocycles. The molecule has 27 heavy (non-hydrogen) atoms. The van der Waals surface area contributed by atoms with Crippen LogP contribution in [-0.4, -0.2) is 36.2 Å². The van der Waals surface area contributed by atoms with Crippen LogP contribution in [0.3, 0.4) is 0 Å². The van der Waals surface area contributed by atoms with Crippen molar-refractivity contribution in [3.63, 3.8) is 0 Å². The fourth-order valence-corrected chi connectivity index (χ4v) is 3.90. The summed E-state index contributed by atoms with van der Waals surface area (Å²) in [7, 11) is 1.66. The number of ether oxygens (including phenoxy) is 2. The van der Waals surface area contributed by atoms with E-state index >= 15 is 0 Å². The number of aromatic nitrogens is 1. The molecule has 4 rings (SSSR count). The molecule has 4 nitrogen and oxygen atoms in total. The number of methoxy groups -OCH3 is 1. The minimum absolute atomic E-state index is 0.256. The summed E-state index contributed by atoms with van der Waals surface area (Å²) in [6.07, 6.45) is 8.23. The molecule has 1 unspecified atom stereocenters. The van der Waals surface area contributed by atoms with Crippen LogP contribution in [0.4, 0.5) is 0 Å². The van der Waals surface area contributed by atoms with Crippen molar-refractivity contribution in [1.82, 2.24) is 9.88 Å².